The van der Waals surface area contributed by atoms with Gasteiger partial charge in [0.15, 0.2) is 0 Å². The molecule has 2 aliphatic rings. The number of aryl methyl sites for hydroxylation is 1. The monoisotopic (exact) mass is 396 g/mol. The highest BCUT2D eigenvalue weighted by Gasteiger charge is 2.21. The van der Waals surface area contributed by atoms with Gasteiger partial charge in [0.1, 0.15) is 12.0 Å². The third-order valence-corrected chi connectivity index (χ3v) is 5.58. The van der Waals surface area contributed by atoms with E-state index in [2.05, 4.69) is 45.3 Å². The van der Waals surface area contributed by atoms with Gasteiger partial charge in [-0.25, -0.2) is 9.97 Å². The maximum atomic E-state index is 12.4. The number of hydrogen-bond donors (Lipinski definition) is 2. The number of carbonyl (C=O) groups excluding carboxylic acids is 1. The molecule has 2 aliphatic heterocycles. The summed E-state index contributed by atoms with van der Waals surface area (Å²) in [5.74, 6) is 0.193. The molecule has 2 N–H and O–H groups in total. The summed E-state index contributed by atoms with van der Waals surface area (Å²) in [6.45, 7) is 6.09. The maximum absolute atomic E-state index is 12.4. The highest BCUT2D eigenvalue weighted by atomic mass is 16.5. The lowest BCUT2D eigenvalue weighted by molar-refractivity contribution is -0.0316. The standard InChI is InChI=1S/C22H28N4O3/c1-15-2-3-18-10-26(5-4-17(18)6-15)11-20(27)9-23-22(28)21-8-19(24-14-25-21)7-16-12-29-13-16/h2-3,6,8,14,16,20,27H,4-5,7,9-13H2,1H3,(H,23,28)/t20-/m0/s1. The van der Waals surface area contributed by atoms with Crippen molar-refractivity contribution in [2.24, 2.45) is 5.92 Å². The van der Waals surface area contributed by atoms with E-state index in [1.807, 2.05) is 0 Å². The lowest BCUT2D eigenvalue weighted by Gasteiger charge is -2.30. The highest BCUT2D eigenvalue weighted by molar-refractivity contribution is 5.92. The molecule has 1 atom stereocenters. The van der Waals surface area contributed by atoms with Crippen LogP contribution in [0.2, 0.25) is 0 Å². The SMILES string of the molecule is Cc1ccc2c(c1)CCN(C[C@@H](O)CNC(=O)c1cc(CC3COC3)ncn1)C2. The fraction of sp³-hybridized carbons (Fsp3) is 0.500. The van der Waals surface area contributed by atoms with Gasteiger partial charge >= 0.3 is 0 Å². The van der Waals surface area contributed by atoms with Crippen LogP contribution in [0.3, 0.4) is 0 Å². The molecule has 1 amide bonds. The van der Waals surface area contributed by atoms with Gasteiger partial charge < -0.3 is 15.2 Å². The normalized spacial score (nSPS) is 18.0. The molecule has 0 unspecified atom stereocenters. The Balaban J connectivity index is 1.25. The summed E-state index contributed by atoms with van der Waals surface area (Å²) in [6, 6.07) is 8.28. The van der Waals surface area contributed by atoms with Crippen LogP contribution in [0.4, 0.5) is 0 Å². The Morgan fingerprint density at radius 1 is 1.31 bits per heavy atom. The summed E-state index contributed by atoms with van der Waals surface area (Å²) < 4.78 is 5.18. The van der Waals surface area contributed by atoms with E-state index in [0.29, 0.717) is 18.2 Å². The van der Waals surface area contributed by atoms with Crippen molar-refractivity contribution in [2.45, 2.75) is 32.4 Å². The van der Waals surface area contributed by atoms with E-state index in [-0.39, 0.29) is 12.5 Å². The Hall–Kier alpha value is -2.35. The molecule has 0 saturated carbocycles. The highest BCUT2D eigenvalue weighted by Crippen LogP contribution is 2.20. The van der Waals surface area contributed by atoms with Gasteiger partial charge in [-0.3, -0.25) is 9.69 Å². The zero-order valence-corrected chi connectivity index (χ0v) is 16.8. The Labute approximate surface area is 171 Å². The first-order valence-electron chi connectivity index (χ1n) is 10.2. The number of aliphatic hydroxyl groups excluding tert-OH is 1. The number of aromatic nitrogens is 2. The van der Waals surface area contributed by atoms with Crippen molar-refractivity contribution in [2.75, 3.05) is 32.8 Å². The van der Waals surface area contributed by atoms with E-state index in [0.717, 1.165) is 44.8 Å². The van der Waals surface area contributed by atoms with Crippen molar-refractivity contribution in [3.8, 4) is 0 Å². The average molecular weight is 396 g/mol. The van der Waals surface area contributed by atoms with Crippen LogP contribution in [0, 0.1) is 12.8 Å². The van der Waals surface area contributed by atoms with Crippen LogP contribution in [-0.4, -0.2) is 64.8 Å². The summed E-state index contributed by atoms with van der Waals surface area (Å²) in [5.41, 5.74) is 5.19. The minimum absolute atomic E-state index is 0.200. The van der Waals surface area contributed by atoms with Crippen LogP contribution in [0.25, 0.3) is 0 Å². The van der Waals surface area contributed by atoms with Crippen molar-refractivity contribution in [1.29, 1.82) is 0 Å². The molecule has 29 heavy (non-hydrogen) atoms. The Kier molecular flexibility index (Phi) is 6.18. The summed E-state index contributed by atoms with van der Waals surface area (Å²) in [7, 11) is 0. The zero-order chi connectivity index (χ0) is 20.2. The summed E-state index contributed by atoms with van der Waals surface area (Å²) in [5, 5.41) is 13.2. The molecule has 1 aromatic heterocycles. The van der Waals surface area contributed by atoms with Crippen molar-refractivity contribution in [3.63, 3.8) is 0 Å². The smallest absolute Gasteiger partial charge is 0.270 e. The third-order valence-electron chi connectivity index (χ3n) is 5.58. The molecule has 154 valence electrons. The van der Waals surface area contributed by atoms with E-state index in [9.17, 15) is 9.90 Å². The van der Waals surface area contributed by atoms with Crippen LogP contribution in [0.1, 0.15) is 32.9 Å². The second kappa shape index (κ2) is 8.98. The van der Waals surface area contributed by atoms with Gasteiger partial charge in [0, 0.05) is 37.8 Å². The van der Waals surface area contributed by atoms with Crippen molar-refractivity contribution in [3.05, 3.63) is 58.7 Å². The zero-order valence-electron chi connectivity index (χ0n) is 16.8. The van der Waals surface area contributed by atoms with Crippen molar-refractivity contribution in [1.82, 2.24) is 20.2 Å². The molecule has 0 radical (unpaired) electrons. The largest absolute Gasteiger partial charge is 0.390 e. The lowest BCUT2D eigenvalue weighted by atomic mass is 9.97. The van der Waals surface area contributed by atoms with Crippen LogP contribution in [-0.2, 0) is 24.1 Å². The van der Waals surface area contributed by atoms with E-state index in [1.54, 1.807) is 6.07 Å². The van der Waals surface area contributed by atoms with E-state index >= 15 is 0 Å². The molecule has 2 aromatic rings. The molecule has 7 nitrogen and oxygen atoms in total. The molecular formula is C22H28N4O3. The number of nitrogens with zero attached hydrogens (tertiary/aromatic N) is 3. The van der Waals surface area contributed by atoms with E-state index in [4.69, 9.17) is 4.74 Å². The van der Waals surface area contributed by atoms with Crippen LogP contribution in [0.15, 0.2) is 30.6 Å². The summed E-state index contributed by atoms with van der Waals surface area (Å²) in [4.78, 5) is 22.9. The fourth-order valence-electron chi connectivity index (χ4n) is 3.89. The van der Waals surface area contributed by atoms with Gasteiger partial charge in [0.2, 0.25) is 0 Å². The number of ether oxygens (including phenoxy) is 1. The molecule has 4 rings (SSSR count). The molecule has 0 aliphatic carbocycles. The van der Waals surface area contributed by atoms with Gasteiger partial charge in [0.05, 0.1) is 19.3 Å². The first-order chi connectivity index (χ1) is 14.1. The number of rotatable bonds is 7. The van der Waals surface area contributed by atoms with Crippen molar-refractivity contribution >= 4 is 5.91 Å². The first kappa shape index (κ1) is 19.9. The first-order valence-corrected chi connectivity index (χ1v) is 10.2. The van der Waals surface area contributed by atoms with Gasteiger partial charge in [-0.05, 0) is 37.0 Å². The quantitative estimate of drug-likeness (QED) is 0.729. The minimum Gasteiger partial charge on any atom is -0.390 e. The number of amides is 1. The van der Waals surface area contributed by atoms with E-state index in [1.165, 1.54) is 23.0 Å². The van der Waals surface area contributed by atoms with Gasteiger partial charge in [0.25, 0.3) is 5.91 Å². The second-order valence-corrected chi connectivity index (χ2v) is 8.12. The predicted octanol–water partition coefficient (Wildman–Crippen LogP) is 1.12. The molecule has 3 heterocycles. The minimum atomic E-state index is -0.626. The van der Waals surface area contributed by atoms with E-state index < -0.39 is 6.10 Å². The number of aliphatic hydroxyl groups is 1. The summed E-state index contributed by atoms with van der Waals surface area (Å²) in [6.07, 6.45) is 2.58. The number of benzene rings is 1. The summed E-state index contributed by atoms with van der Waals surface area (Å²) >= 11 is 0. The Bertz CT molecular complexity index is 869. The van der Waals surface area contributed by atoms with Crippen LogP contribution >= 0.6 is 0 Å². The number of β-amino-alcohol motifs (C(OH)–C–C–N with tert-alkyl or cyclic N) is 1. The molecule has 0 spiro atoms. The molecule has 1 saturated heterocycles. The van der Waals surface area contributed by atoms with Crippen LogP contribution < -0.4 is 5.32 Å². The number of hydrogen-bond acceptors (Lipinski definition) is 6. The van der Waals surface area contributed by atoms with Gasteiger partial charge in [-0.2, -0.15) is 0 Å². The molecule has 7 heteroatoms. The van der Waals surface area contributed by atoms with Crippen LogP contribution in [0.5, 0.6) is 0 Å². The fourth-order valence-corrected chi connectivity index (χ4v) is 3.89. The lowest BCUT2D eigenvalue weighted by Crippen LogP contribution is -2.42. The van der Waals surface area contributed by atoms with Gasteiger partial charge in [-0.1, -0.05) is 23.8 Å². The number of carbonyl (C=O) groups is 1. The Morgan fingerprint density at radius 3 is 2.97 bits per heavy atom. The molecular weight excluding hydrogens is 368 g/mol. The topological polar surface area (TPSA) is 87.6 Å². The number of fused-ring (bicyclic) bond motifs is 1. The molecule has 1 aromatic carbocycles. The second-order valence-electron chi connectivity index (χ2n) is 8.12. The maximum Gasteiger partial charge on any atom is 0.270 e. The third kappa shape index (κ3) is 5.18. The molecule has 0 bridgehead atoms. The average Bonchev–Trinajstić information content (AvgIpc) is 2.69. The molecule has 1 fully saturated rings. The Morgan fingerprint density at radius 2 is 2.17 bits per heavy atom. The predicted molar refractivity (Wildman–Crippen MR) is 109 cm³/mol. The van der Waals surface area contributed by atoms with Crippen molar-refractivity contribution < 1.29 is 14.6 Å². The van der Waals surface area contributed by atoms with Gasteiger partial charge in [-0.15, -0.1) is 0 Å². The number of nitrogens with one attached hydrogen (secondary N) is 1.